The van der Waals surface area contributed by atoms with Crippen LogP contribution in [0, 0.1) is 0 Å². The minimum atomic E-state index is -4.00. The number of nitrogens with zero attached hydrogens (tertiary/aromatic N) is 2. The summed E-state index contributed by atoms with van der Waals surface area (Å²) < 4.78 is 27.4. The zero-order valence-electron chi connectivity index (χ0n) is 20.0. The van der Waals surface area contributed by atoms with E-state index in [2.05, 4.69) is 6.92 Å². The van der Waals surface area contributed by atoms with Gasteiger partial charge in [0.2, 0.25) is 9.84 Å². The highest BCUT2D eigenvalue weighted by Gasteiger charge is 2.37. The number of piperidine rings is 1. The van der Waals surface area contributed by atoms with Crippen molar-refractivity contribution in [1.29, 1.82) is 0 Å². The van der Waals surface area contributed by atoms with Gasteiger partial charge in [0.1, 0.15) is 0 Å². The molecule has 3 aromatic rings. The smallest absolute Gasteiger partial charge is 0.259 e. The Morgan fingerprint density at radius 2 is 1.81 bits per heavy atom. The van der Waals surface area contributed by atoms with Crippen LogP contribution >= 0.6 is 11.6 Å². The summed E-state index contributed by atoms with van der Waals surface area (Å²) >= 11 is 6.19. The monoisotopic (exact) mass is 522 g/mol. The Hall–Kier alpha value is -3.16. The molecule has 0 aromatic heterocycles. The Balaban J connectivity index is 1.66. The fourth-order valence-electron chi connectivity index (χ4n) is 5.17. The number of hydrogen-bond acceptors (Lipinski definition) is 4. The van der Waals surface area contributed by atoms with Crippen molar-refractivity contribution < 1.29 is 18.0 Å². The highest BCUT2D eigenvalue weighted by atomic mass is 35.5. The van der Waals surface area contributed by atoms with Crippen LogP contribution < -0.4 is 4.90 Å². The van der Waals surface area contributed by atoms with Gasteiger partial charge in [-0.3, -0.25) is 9.59 Å². The summed E-state index contributed by atoms with van der Waals surface area (Å²) in [5, 5.41) is 0.516. The van der Waals surface area contributed by atoms with Gasteiger partial charge in [-0.25, -0.2) is 8.42 Å². The molecule has 0 spiro atoms. The first kappa shape index (κ1) is 24.5. The van der Waals surface area contributed by atoms with Gasteiger partial charge in [-0.2, -0.15) is 0 Å². The Morgan fingerprint density at radius 3 is 2.58 bits per heavy atom. The number of rotatable bonds is 4. The third kappa shape index (κ3) is 4.31. The minimum absolute atomic E-state index is 0.00469. The number of sulfone groups is 1. The zero-order chi connectivity index (χ0) is 25.4. The topological polar surface area (TPSA) is 74.8 Å². The second-order valence-electron chi connectivity index (χ2n) is 9.26. The molecule has 8 heteroatoms. The maximum atomic E-state index is 13.8. The van der Waals surface area contributed by atoms with Gasteiger partial charge in [-0.05, 0) is 73.7 Å². The predicted molar refractivity (Wildman–Crippen MR) is 139 cm³/mol. The molecule has 6 nitrogen and oxygen atoms in total. The summed E-state index contributed by atoms with van der Waals surface area (Å²) in [6.45, 7) is 2.85. The van der Waals surface area contributed by atoms with Crippen molar-refractivity contribution in [3.63, 3.8) is 0 Å². The molecule has 0 aliphatic carbocycles. The Labute approximate surface area is 216 Å². The van der Waals surface area contributed by atoms with E-state index in [1.165, 1.54) is 23.1 Å². The Bertz CT molecular complexity index is 1450. The van der Waals surface area contributed by atoms with E-state index >= 15 is 0 Å². The van der Waals surface area contributed by atoms with Crippen LogP contribution in [0.4, 0.5) is 5.69 Å². The van der Waals surface area contributed by atoms with Gasteiger partial charge in [-0.1, -0.05) is 42.8 Å². The third-order valence-corrected chi connectivity index (χ3v) is 9.12. The van der Waals surface area contributed by atoms with E-state index < -0.39 is 15.7 Å². The van der Waals surface area contributed by atoms with Gasteiger partial charge in [0.25, 0.3) is 11.8 Å². The van der Waals surface area contributed by atoms with Crippen LogP contribution in [0.5, 0.6) is 0 Å². The molecule has 1 saturated heterocycles. The molecule has 1 fully saturated rings. The molecule has 2 aliphatic heterocycles. The van der Waals surface area contributed by atoms with Crippen LogP contribution in [-0.4, -0.2) is 37.7 Å². The predicted octanol–water partition coefficient (Wildman–Crippen LogP) is 5.74. The molecule has 0 N–H and O–H groups in total. The highest BCUT2D eigenvalue weighted by Crippen LogP contribution is 2.38. The fraction of sp³-hybridized carbons (Fsp3) is 0.286. The molecule has 0 bridgehead atoms. The molecular formula is C28H27ClN2O4S. The third-order valence-electron chi connectivity index (χ3n) is 7.03. The second-order valence-corrected chi connectivity index (χ2v) is 11.6. The molecule has 186 valence electrons. The van der Waals surface area contributed by atoms with E-state index in [0.717, 1.165) is 31.2 Å². The van der Waals surface area contributed by atoms with Gasteiger partial charge < -0.3 is 9.80 Å². The van der Waals surface area contributed by atoms with Crippen LogP contribution in [-0.2, 0) is 16.4 Å². The van der Waals surface area contributed by atoms with E-state index in [1.807, 2.05) is 11.0 Å². The molecule has 2 heterocycles. The van der Waals surface area contributed by atoms with Crippen molar-refractivity contribution in [1.82, 2.24) is 4.90 Å². The summed E-state index contributed by atoms with van der Waals surface area (Å²) in [7, 11) is -4.00. The van der Waals surface area contributed by atoms with Crippen molar-refractivity contribution in [3.8, 4) is 0 Å². The number of hydrogen-bond donors (Lipinski definition) is 0. The van der Waals surface area contributed by atoms with Crippen molar-refractivity contribution in [2.75, 3.05) is 11.4 Å². The van der Waals surface area contributed by atoms with Gasteiger partial charge in [0, 0.05) is 23.2 Å². The maximum absolute atomic E-state index is 13.8. The number of halogens is 1. The quantitative estimate of drug-likeness (QED) is 0.438. The van der Waals surface area contributed by atoms with Crippen molar-refractivity contribution in [2.24, 2.45) is 0 Å². The number of benzene rings is 3. The highest BCUT2D eigenvalue weighted by molar-refractivity contribution is 7.91. The normalized spacial score (nSPS) is 18.8. The molecular weight excluding hydrogens is 496 g/mol. The molecule has 0 radical (unpaired) electrons. The minimum Gasteiger partial charge on any atom is -0.336 e. The van der Waals surface area contributed by atoms with Crippen LogP contribution in [0.15, 0.2) is 76.5 Å². The average molecular weight is 523 g/mol. The first-order valence-electron chi connectivity index (χ1n) is 12.2. The van der Waals surface area contributed by atoms with Crippen LogP contribution in [0.1, 0.15) is 58.9 Å². The van der Waals surface area contributed by atoms with E-state index in [0.29, 0.717) is 17.1 Å². The molecule has 36 heavy (non-hydrogen) atoms. The standard InChI is InChI=1S/C28H27ClN2O4S/c1-2-22-10-5-6-15-30(22)27(32)20-13-14-26-24(17-20)31(18-19-8-7-9-21(29)16-19)28(33)23-11-3-4-12-25(23)36(26,34)35/h3-4,7-9,11-14,16-17,22H,2,5-6,10,15,18H2,1H3. The number of amides is 2. The first-order chi connectivity index (χ1) is 17.3. The number of carbonyl (C=O) groups is 2. The van der Waals surface area contributed by atoms with Crippen LogP contribution in [0.3, 0.4) is 0 Å². The van der Waals surface area contributed by atoms with Crippen molar-refractivity contribution in [2.45, 2.75) is 55.0 Å². The summed E-state index contributed by atoms with van der Waals surface area (Å²) in [5.74, 6) is -0.583. The lowest BCUT2D eigenvalue weighted by Crippen LogP contribution is -2.43. The van der Waals surface area contributed by atoms with E-state index in [9.17, 15) is 18.0 Å². The molecule has 1 atom stereocenters. The molecule has 0 saturated carbocycles. The largest absolute Gasteiger partial charge is 0.336 e. The molecule has 2 amide bonds. The SMILES string of the molecule is CCC1CCCCN1C(=O)c1ccc2c(c1)N(Cc1cccc(Cl)c1)C(=O)c1ccccc1S2(=O)=O. The lowest BCUT2D eigenvalue weighted by Gasteiger charge is -2.35. The second kappa shape index (κ2) is 9.71. The average Bonchev–Trinajstić information content (AvgIpc) is 2.96. The van der Waals surface area contributed by atoms with Crippen LogP contribution in [0.25, 0.3) is 0 Å². The lowest BCUT2D eigenvalue weighted by atomic mass is 9.98. The fourth-order valence-corrected chi connectivity index (χ4v) is 7.02. The maximum Gasteiger partial charge on any atom is 0.259 e. The van der Waals surface area contributed by atoms with Crippen LogP contribution in [0.2, 0.25) is 5.02 Å². The molecule has 3 aromatic carbocycles. The van der Waals surface area contributed by atoms with E-state index in [-0.39, 0.29) is 39.5 Å². The molecule has 2 aliphatic rings. The first-order valence-corrected chi connectivity index (χ1v) is 14.0. The zero-order valence-corrected chi connectivity index (χ0v) is 21.6. The molecule has 1 unspecified atom stereocenters. The summed E-state index contributed by atoms with van der Waals surface area (Å²) in [6, 6.07) is 18.1. The number of likely N-dealkylation sites (tertiary alicyclic amines) is 1. The lowest BCUT2D eigenvalue weighted by molar-refractivity contribution is 0.0607. The van der Waals surface area contributed by atoms with Gasteiger partial charge in [0.05, 0.1) is 27.6 Å². The van der Waals surface area contributed by atoms with E-state index in [4.69, 9.17) is 11.6 Å². The number of carbonyl (C=O) groups excluding carboxylic acids is 2. The Morgan fingerprint density at radius 1 is 1.00 bits per heavy atom. The van der Waals surface area contributed by atoms with E-state index in [1.54, 1.807) is 42.5 Å². The van der Waals surface area contributed by atoms with Crippen molar-refractivity contribution in [3.05, 3.63) is 88.4 Å². The Kier molecular flexibility index (Phi) is 6.62. The number of fused-ring (bicyclic) bond motifs is 2. The summed E-state index contributed by atoms with van der Waals surface area (Å²) in [4.78, 5) is 30.6. The van der Waals surface area contributed by atoms with Gasteiger partial charge in [0.15, 0.2) is 0 Å². The number of anilines is 1. The van der Waals surface area contributed by atoms with Gasteiger partial charge in [-0.15, -0.1) is 0 Å². The molecule has 5 rings (SSSR count). The van der Waals surface area contributed by atoms with Gasteiger partial charge >= 0.3 is 0 Å². The summed E-state index contributed by atoms with van der Waals surface area (Å²) in [6.07, 6.45) is 3.84. The van der Waals surface area contributed by atoms with Crippen molar-refractivity contribution >= 4 is 38.9 Å². The summed E-state index contributed by atoms with van der Waals surface area (Å²) in [5.41, 5.74) is 1.43.